The summed E-state index contributed by atoms with van der Waals surface area (Å²) < 4.78 is 2.15. The molecule has 0 heterocycles. The van der Waals surface area contributed by atoms with E-state index in [0.717, 1.165) is 19.4 Å². The monoisotopic (exact) mass is 415 g/mol. The SMILES string of the molecule is CC(=O)N(c1ccc(Br)cc1)c1ccc(I)cc1. The molecular formula is C14H11BrINO. The number of carbonyl (C=O) groups is 1. The van der Waals surface area contributed by atoms with Crippen LogP contribution in [0, 0.1) is 3.57 Å². The molecule has 0 bridgehead atoms. The minimum Gasteiger partial charge on any atom is -0.281 e. The Kier molecular flexibility index (Phi) is 4.40. The van der Waals surface area contributed by atoms with Gasteiger partial charge in [0.25, 0.3) is 0 Å². The van der Waals surface area contributed by atoms with Crippen LogP contribution >= 0.6 is 38.5 Å². The zero-order valence-electron chi connectivity index (χ0n) is 9.73. The highest BCUT2D eigenvalue weighted by molar-refractivity contribution is 14.1. The summed E-state index contributed by atoms with van der Waals surface area (Å²) in [4.78, 5) is 13.5. The largest absolute Gasteiger partial charge is 0.281 e. The number of halogens is 2. The molecule has 92 valence electrons. The Balaban J connectivity index is 2.43. The van der Waals surface area contributed by atoms with Gasteiger partial charge in [0.15, 0.2) is 0 Å². The van der Waals surface area contributed by atoms with Crippen molar-refractivity contribution in [3.05, 3.63) is 56.6 Å². The molecule has 0 aliphatic rings. The highest BCUT2D eigenvalue weighted by atomic mass is 127. The lowest BCUT2D eigenvalue weighted by Crippen LogP contribution is -2.22. The molecule has 4 heteroatoms. The van der Waals surface area contributed by atoms with Gasteiger partial charge in [-0.1, -0.05) is 15.9 Å². The number of nitrogens with zero attached hydrogens (tertiary/aromatic N) is 1. The molecule has 0 spiro atoms. The average Bonchev–Trinajstić information content (AvgIpc) is 2.34. The van der Waals surface area contributed by atoms with E-state index in [4.69, 9.17) is 0 Å². The zero-order chi connectivity index (χ0) is 13.1. The maximum Gasteiger partial charge on any atom is 0.228 e. The van der Waals surface area contributed by atoms with Crippen molar-refractivity contribution in [2.45, 2.75) is 6.92 Å². The molecule has 0 unspecified atom stereocenters. The lowest BCUT2D eigenvalue weighted by molar-refractivity contribution is -0.115. The fourth-order valence-corrected chi connectivity index (χ4v) is 2.32. The Morgan fingerprint density at radius 2 is 1.44 bits per heavy atom. The molecule has 2 aromatic carbocycles. The molecule has 1 amide bonds. The van der Waals surface area contributed by atoms with Gasteiger partial charge in [-0.05, 0) is 71.1 Å². The van der Waals surface area contributed by atoms with Crippen molar-refractivity contribution in [1.29, 1.82) is 0 Å². The fourth-order valence-electron chi connectivity index (χ4n) is 1.69. The van der Waals surface area contributed by atoms with Gasteiger partial charge >= 0.3 is 0 Å². The Morgan fingerprint density at radius 3 is 1.89 bits per heavy atom. The quantitative estimate of drug-likeness (QED) is 0.649. The number of benzene rings is 2. The van der Waals surface area contributed by atoms with Gasteiger partial charge in [-0.25, -0.2) is 0 Å². The summed E-state index contributed by atoms with van der Waals surface area (Å²) in [6.45, 7) is 1.57. The minimum absolute atomic E-state index is 0.00136. The molecule has 2 aromatic rings. The first-order valence-electron chi connectivity index (χ1n) is 5.40. The van der Waals surface area contributed by atoms with Gasteiger partial charge in [-0.15, -0.1) is 0 Å². The van der Waals surface area contributed by atoms with Crippen LogP contribution in [0.5, 0.6) is 0 Å². The predicted octanol–water partition coefficient (Wildman–Crippen LogP) is 4.74. The second-order valence-corrected chi connectivity index (χ2v) is 5.97. The second-order valence-electron chi connectivity index (χ2n) is 3.81. The third kappa shape index (κ3) is 3.11. The molecule has 0 saturated carbocycles. The van der Waals surface area contributed by atoms with E-state index in [1.54, 1.807) is 11.8 Å². The lowest BCUT2D eigenvalue weighted by atomic mass is 10.2. The molecule has 0 aromatic heterocycles. The van der Waals surface area contributed by atoms with Crippen LogP contribution in [0.25, 0.3) is 0 Å². The van der Waals surface area contributed by atoms with Gasteiger partial charge in [0.05, 0.1) is 0 Å². The van der Waals surface area contributed by atoms with Gasteiger partial charge in [0.1, 0.15) is 0 Å². The fraction of sp³-hybridized carbons (Fsp3) is 0.0714. The third-order valence-corrected chi connectivity index (χ3v) is 3.73. The number of hydrogen-bond acceptors (Lipinski definition) is 1. The Labute approximate surface area is 128 Å². The highest BCUT2D eigenvalue weighted by Crippen LogP contribution is 2.27. The summed E-state index contributed by atoms with van der Waals surface area (Å²) in [6, 6.07) is 15.6. The molecule has 0 aliphatic carbocycles. The molecular weight excluding hydrogens is 405 g/mol. The van der Waals surface area contributed by atoms with Crippen LogP contribution in [-0.4, -0.2) is 5.91 Å². The number of carbonyl (C=O) groups excluding carboxylic acids is 1. The van der Waals surface area contributed by atoms with Crippen LogP contribution in [0.4, 0.5) is 11.4 Å². The van der Waals surface area contributed by atoms with E-state index in [0.29, 0.717) is 0 Å². The summed E-state index contributed by atoms with van der Waals surface area (Å²) in [5, 5.41) is 0. The van der Waals surface area contributed by atoms with Gasteiger partial charge in [-0.3, -0.25) is 9.69 Å². The molecule has 0 fully saturated rings. The standard InChI is InChI=1S/C14H11BrINO/c1-10(18)17(13-6-2-11(15)3-7-13)14-8-4-12(16)5-9-14/h2-9H,1H3. The number of amides is 1. The molecule has 0 aliphatic heterocycles. The van der Waals surface area contributed by atoms with Crippen molar-refractivity contribution in [3.8, 4) is 0 Å². The molecule has 2 nitrogen and oxygen atoms in total. The highest BCUT2D eigenvalue weighted by Gasteiger charge is 2.13. The van der Waals surface area contributed by atoms with Gasteiger partial charge in [-0.2, -0.15) is 0 Å². The van der Waals surface area contributed by atoms with Gasteiger partial charge < -0.3 is 0 Å². The van der Waals surface area contributed by atoms with E-state index < -0.39 is 0 Å². The summed E-state index contributed by atoms with van der Waals surface area (Å²) in [7, 11) is 0. The van der Waals surface area contributed by atoms with Crippen molar-refractivity contribution < 1.29 is 4.79 Å². The topological polar surface area (TPSA) is 20.3 Å². The molecule has 18 heavy (non-hydrogen) atoms. The summed E-state index contributed by atoms with van der Waals surface area (Å²) in [6.07, 6.45) is 0. The smallest absolute Gasteiger partial charge is 0.228 e. The van der Waals surface area contributed by atoms with E-state index in [1.165, 1.54) is 0 Å². The minimum atomic E-state index is -0.00136. The van der Waals surface area contributed by atoms with E-state index in [-0.39, 0.29) is 5.91 Å². The van der Waals surface area contributed by atoms with Gasteiger partial charge in [0, 0.05) is 26.3 Å². The second kappa shape index (κ2) is 5.84. The first-order valence-corrected chi connectivity index (χ1v) is 7.27. The van der Waals surface area contributed by atoms with E-state index in [1.807, 2.05) is 48.5 Å². The Bertz CT molecular complexity index is 506. The van der Waals surface area contributed by atoms with Crippen LogP contribution in [0.3, 0.4) is 0 Å². The van der Waals surface area contributed by atoms with E-state index in [9.17, 15) is 4.79 Å². The van der Waals surface area contributed by atoms with Crippen molar-refractivity contribution in [2.75, 3.05) is 4.90 Å². The molecule has 0 radical (unpaired) electrons. The number of hydrogen-bond donors (Lipinski definition) is 0. The third-order valence-electron chi connectivity index (χ3n) is 2.48. The summed E-state index contributed by atoms with van der Waals surface area (Å²) in [5.41, 5.74) is 1.75. The van der Waals surface area contributed by atoms with Crippen LogP contribution in [0.2, 0.25) is 0 Å². The first kappa shape index (κ1) is 13.5. The van der Waals surface area contributed by atoms with Crippen molar-refractivity contribution in [2.24, 2.45) is 0 Å². The maximum atomic E-state index is 11.8. The summed E-state index contributed by atoms with van der Waals surface area (Å²) >= 11 is 5.64. The molecule has 0 saturated heterocycles. The maximum absolute atomic E-state index is 11.8. The predicted molar refractivity (Wildman–Crippen MR) is 86.1 cm³/mol. The van der Waals surface area contributed by atoms with Crippen LogP contribution in [-0.2, 0) is 4.79 Å². The zero-order valence-corrected chi connectivity index (χ0v) is 13.5. The lowest BCUT2D eigenvalue weighted by Gasteiger charge is -2.21. The normalized spacial score (nSPS) is 10.2. The van der Waals surface area contributed by atoms with Crippen molar-refractivity contribution in [1.82, 2.24) is 0 Å². The Morgan fingerprint density at radius 1 is 1.00 bits per heavy atom. The summed E-state index contributed by atoms with van der Waals surface area (Å²) in [5.74, 6) is -0.00136. The van der Waals surface area contributed by atoms with Gasteiger partial charge in [0.2, 0.25) is 5.91 Å². The average molecular weight is 416 g/mol. The molecule has 0 atom stereocenters. The van der Waals surface area contributed by atoms with Crippen LogP contribution in [0.1, 0.15) is 6.92 Å². The Hall–Kier alpha value is -0.880. The van der Waals surface area contributed by atoms with Crippen molar-refractivity contribution >= 4 is 55.8 Å². The van der Waals surface area contributed by atoms with E-state index >= 15 is 0 Å². The van der Waals surface area contributed by atoms with Crippen LogP contribution in [0.15, 0.2) is 53.0 Å². The van der Waals surface area contributed by atoms with Crippen LogP contribution < -0.4 is 4.90 Å². The van der Waals surface area contributed by atoms with E-state index in [2.05, 4.69) is 38.5 Å². The molecule has 0 N–H and O–H groups in total. The number of anilines is 2. The van der Waals surface area contributed by atoms with Crippen molar-refractivity contribution in [3.63, 3.8) is 0 Å². The first-order chi connectivity index (χ1) is 8.58. The number of rotatable bonds is 2. The molecule has 2 rings (SSSR count).